The third kappa shape index (κ3) is 4.96. The summed E-state index contributed by atoms with van der Waals surface area (Å²) in [7, 11) is 0. The minimum atomic E-state index is -0.216. The minimum absolute atomic E-state index is 0.216. The van der Waals surface area contributed by atoms with E-state index in [9.17, 15) is 4.39 Å². The highest BCUT2D eigenvalue weighted by atomic mass is 19.1. The van der Waals surface area contributed by atoms with E-state index in [-0.39, 0.29) is 5.82 Å². The number of halogens is 1. The monoisotopic (exact) mass is 287 g/mol. The van der Waals surface area contributed by atoms with E-state index in [4.69, 9.17) is 4.74 Å². The molecule has 21 heavy (non-hydrogen) atoms. The van der Waals surface area contributed by atoms with E-state index in [1.165, 1.54) is 11.6 Å². The van der Waals surface area contributed by atoms with Crippen molar-refractivity contribution in [3.8, 4) is 0 Å². The lowest BCUT2D eigenvalue weighted by Crippen LogP contribution is -2.22. The summed E-state index contributed by atoms with van der Waals surface area (Å²) in [5, 5.41) is 3.40. The van der Waals surface area contributed by atoms with E-state index < -0.39 is 0 Å². The lowest BCUT2D eigenvalue weighted by atomic mass is 10.1. The van der Waals surface area contributed by atoms with Crippen LogP contribution in [-0.2, 0) is 24.5 Å². The zero-order valence-corrected chi connectivity index (χ0v) is 12.6. The fourth-order valence-electron chi connectivity index (χ4n) is 2.07. The van der Waals surface area contributed by atoms with Gasteiger partial charge in [0.05, 0.1) is 13.2 Å². The zero-order chi connectivity index (χ0) is 15.1. The van der Waals surface area contributed by atoms with Crippen molar-refractivity contribution in [2.24, 2.45) is 0 Å². The second-order valence-electron chi connectivity index (χ2n) is 5.39. The van der Waals surface area contributed by atoms with Crippen molar-refractivity contribution in [1.82, 2.24) is 5.32 Å². The van der Waals surface area contributed by atoms with Crippen LogP contribution in [0.5, 0.6) is 0 Å². The lowest BCUT2D eigenvalue weighted by molar-refractivity contribution is 0.104. The zero-order valence-electron chi connectivity index (χ0n) is 12.6. The van der Waals surface area contributed by atoms with Crippen LogP contribution < -0.4 is 5.32 Å². The van der Waals surface area contributed by atoms with Gasteiger partial charge in [-0.1, -0.05) is 56.3 Å². The quantitative estimate of drug-likeness (QED) is 0.830. The molecule has 0 atom stereocenters. The maximum absolute atomic E-state index is 13.5. The largest absolute Gasteiger partial charge is 0.372 e. The molecule has 2 aromatic rings. The molecule has 0 heterocycles. The first-order chi connectivity index (χ1) is 10.2. The van der Waals surface area contributed by atoms with Crippen molar-refractivity contribution < 1.29 is 9.13 Å². The molecule has 0 radical (unpaired) electrons. The first-order valence-electron chi connectivity index (χ1n) is 7.28. The molecule has 2 aromatic carbocycles. The second kappa shape index (κ2) is 7.91. The number of benzene rings is 2. The van der Waals surface area contributed by atoms with E-state index in [2.05, 4.69) is 31.3 Å². The second-order valence-corrected chi connectivity index (χ2v) is 5.39. The summed E-state index contributed by atoms with van der Waals surface area (Å²) in [5.41, 5.74) is 2.96. The maximum atomic E-state index is 13.5. The molecule has 0 fully saturated rings. The van der Waals surface area contributed by atoms with Crippen LogP contribution in [0.25, 0.3) is 0 Å². The van der Waals surface area contributed by atoms with Crippen LogP contribution in [0.15, 0.2) is 48.5 Å². The summed E-state index contributed by atoms with van der Waals surface area (Å²) in [6, 6.07) is 15.3. The first-order valence-corrected chi connectivity index (χ1v) is 7.28. The van der Waals surface area contributed by atoms with Gasteiger partial charge in [-0.05, 0) is 17.2 Å². The highest BCUT2D eigenvalue weighted by Gasteiger charge is 2.04. The molecular formula is C18H22FNO. The highest BCUT2D eigenvalue weighted by molar-refractivity contribution is 5.26. The summed E-state index contributed by atoms with van der Waals surface area (Å²) < 4.78 is 19.2. The Bertz CT molecular complexity index is 569. The molecule has 0 spiro atoms. The molecular weight excluding hydrogens is 265 g/mol. The van der Waals surface area contributed by atoms with Crippen molar-refractivity contribution in [1.29, 1.82) is 0 Å². The van der Waals surface area contributed by atoms with Crippen molar-refractivity contribution in [2.75, 3.05) is 0 Å². The van der Waals surface area contributed by atoms with E-state index in [1.807, 2.05) is 18.2 Å². The molecule has 2 nitrogen and oxygen atoms in total. The van der Waals surface area contributed by atoms with E-state index in [1.54, 1.807) is 12.1 Å². The van der Waals surface area contributed by atoms with Gasteiger partial charge in [0.25, 0.3) is 0 Å². The van der Waals surface area contributed by atoms with Crippen molar-refractivity contribution >= 4 is 0 Å². The molecule has 0 aliphatic carbocycles. The number of hydrogen-bond donors (Lipinski definition) is 1. The minimum Gasteiger partial charge on any atom is -0.372 e. The Morgan fingerprint density at radius 1 is 0.905 bits per heavy atom. The Labute approximate surface area is 126 Å². The number of ether oxygens (including phenoxy) is 1. The molecule has 3 heteroatoms. The Hall–Kier alpha value is -1.71. The molecule has 1 N–H and O–H groups in total. The van der Waals surface area contributed by atoms with Gasteiger partial charge in [-0.3, -0.25) is 0 Å². The normalized spacial score (nSPS) is 11.0. The molecule has 112 valence electrons. The predicted molar refractivity (Wildman–Crippen MR) is 83.3 cm³/mol. The summed E-state index contributed by atoms with van der Waals surface area (Å²) >= 11 is 0. The molecule has 0 aromatic heterocycles. The molecule has 0 bridgehead atoms. The SMILES string of the molecule is CC(C)NCc1ccccc1COCc1ccccc1F. The van der Waals surface area contributed by atoms with Gasteiger partial charge in [0.15, 0.2) is 0 Å². The Morgan fingerprint density at radius 3 is 2.14 bits per heavy atom. The number of rotatable bonds is 7. The topological polar surface area (TPSA) is 21.3 Å². The van der Waals surface area contributed by atoms with Gasteiger partial charge >= 0.3 is 0 Å². The van der Waals surface area contributed by atoms with Crippen LogP contribution in [-0.4, -0.2) is 6.04 Å². The van der Waals surface area contributed by atoms with Gasteiger partial charge in [0.2, 0.25) is 0 Å². The standard InChI is InChI=1S/C18H22FNO/c1-14(2)20-11-15-7-3-4-8-16(15)12-21-13-17-9-5-6-10-18(17)19/h3-10,14,20H,11-13H2,1-2H3. The summed E-state index contributed by atoms with van der Waals surface area (Å²) in [5.74, 6) is -0.216. The Balaban J connectivity index is 1.92. The molecule has 0 saturated carbocycles. The first kappa shape index (κ1) is 15.7. The van der Waals surface area contributed by atoms with Gasteiger partial charge in [-0.15, -0.1) is 0 Å². The Morgan fingerprint density at radius 2 is 1.48 bits per heavy atom. The summed E-state index contributed by atoms with van der Waals surface area (Å²) in [6.07, 6.45) is 0. The van der Waals surface area contributed by atoms with Crippen molar-refractivity contribution in [3.05, 3.63) is 71.0 Å². The molecule has 0 amide bonds. The highest BCUT2D eigenvalue weighted by Crippen LogP contribution is 2.13. The fraction of sp³-hybridized carbons (Fsp3) is 0.333. The van der Waals surface area contributed by atoms with Gasteiger partial charge in [0, 0.05) is 18.2 Å². The maximum Gasteiger partial charge on any atom is 0.128 e. The van der Waals surface area contributed by atoms with Gasteiger partial charge in [-0.2, -0.15) is 0 Å². The van der Waals surface area contributed by atoms with Crippen LogP contribution in [0.2, 0.25) is 0 Å². The van der Waals surface area contributed by atoms with Crippen LogP contribution in [0.4, 0.5) is 4.39 Å². The fourth-order valence-corrected chi connectivity index (χ4v) is 2.07. The number of hydrogen-bond acceptors (Lipinski definition) is 2. The average Bonchev–Trinajstić information content (AvgIpc) is 2.48. The lowest BCUT2D eigenvalue weighted by Gasteiger charge is -2.13. The van der Waals surface area contributed by atoms with Gasteiger partial charge in [0.1, 0.15) is 5.82 Å². The average molecular weight is 287 g/mol. The van der Waals surface area contributed by atoms with Crippen molar-refractivity contribution in [2.45, 2.75) is 39.6 Å². The van der Waals surface area contributed by atoms with Crippen LogP contribution in [0, 0.1) is 5.82 Å². The molecule has 0 aliphatic heterocycles. The van der Waals surface area contributed by atoms with Crippen LogP contribution in [0.1, 0.15) is 30.5 Å². The van der Waals surface area contributed by atoms with Gasteiger partial charge < -0.3 is 10.1 Å². The molecule has 2 rings (SSSR count). The molecule has 0 aliphatic rings. The van der Waals surface area contributed by atoms with Gasteiger partial charge in [-0.25, -0.2) is 4.39 Å². The third-order valence-electron chi connectivity index (χ3n) is 3.29. The van der Waals surface area contributed by atoms with E-state index in [0.717, 1.165) is 12.1 Å². The van der Waals surface area contributed by atoms with E-state index in [0.29, 0.717) is 24.8 Å². The third-order valence-corrected chi connectivity index (χ3v) is 3.29. The van der Waals surface area contributed by atoms with E-state index >= 15 is 0 Å². The smallest absolute Gasteiger partial charge is 0.128 e. The number of nitrogens with one attached hydrogen (secondary N) is 1. The molecule has 0 unspecified atom stereocenters. The summed E-state index contributed by atoms with van der Waals surface area (Å²) in [6.45, 7) is 5.84. The Kier molecular flexibility index (Phi) is 5.90. The summed E-state index contributed by atoms with van der Waals surface area (Å²) in [4.78, 5) is 0. The van der Waals surface area contributed by atoms with Crippen molar-refractivity contribution in [3.63, 3.8) is 0 Å². The van der Waals surface area contributed by atoms with Crippen LogP contribution >= 0.6 is 0 Å². The predicted octanol–water partition coefficient (Wildman–Crippen LogP) is 4.04. The van der Waals surface area contributed by atoms with Crippen LogP contribution in [0.3, 0.4) is 0 Å². The molecule has 0 saturated heterocycles.